The zero-order valence-electron chi connectivity index (χ0n) is 11.8. The third-order valence-corrected chi connectivity index (χ3v) is 3.21. The number of likely N-dealkylation sites (tertiary alicyclic amines) is 1. The molecule has 1 fully saturated rings. The molecule has 1 saturated heterocycles. The summed E-state index contributed by atoms with van der Waals surface area (Å²) >= 11 is 0. The van der Waals surface area contributed by atoms with E-state index in [1.54, 1.807) is 18.3 Å². The molecule has 0 aliphatic carbocycles. The summed E-state index contributed by atoms with van der Waals surface area (Å²) < 4.78 is 5.76. The molecule has 0 atom stereocenters. The van der Waals surface area contributed by atoms with E-state index < -0.39 is 0 Å². The summed E-state index contributed by atoms with van der Waals surface area (Å²) in [4.78, 5) is 14.1. The predicted molar refractivity (Wildman–Crippen MR) is 71.7 cm³/mol. The van der Waals surface area contributed by atoms with Crippen molar-refractivity contribution in [3.05, 3.63) is 18.3 Å². The average molecular weight is 263 g/mol. The van der Waals surface area contributed by atoms with Crippen molar-refractivity contribution in [3.63, 3.8) is 0 Å². The van der Waals surface area contributed by atoms with Gasteiger partial charge < -0.3 is 9.64 Å². The van der Waals surface area contributed by atoms with Crippen molar-refractivity contribution in [3.8, 4) is 5.88 Å². The summed E-state index contributed by atoms with van der Waals surface area (Å²) in [5.41, 5.74) is -0.307. The summed E-state index contributed by atoms with van der Waals surface area (Å²) in [6, 6.07) is 3.61. The van der Waals surface area contributed by atoms with Gasteiger partial charge in [-0.15, -0.1) is 5.10 Å². The molecule has 1 aromatic heterocycles. The molecule has 19 heavy (non-hydrogen) atoms. The van der Waals surface area contributed by atoms with Gasteiger partial charge in [0.1, 0.15) is 6.10 Å². The Morgan fingerprint density at radius 2 is 2.05 bits per heavy atom. The van der Waals surface area contributed by atoms with E-state index in [0.717, 1.165) is 25.9 Å². The lowest BCUT2D eigenvalue weighted by Crippen LogP contribution is -2.46. The topological polar surface area (TPSA) is 55.3 Å². The highest BCUT2D eigenvalue weighted by molar-refractivity contribution is 5.81. The Labute approximate surface area is 114 Å². The van der Waals surface area contributed by atoms with Gasteiger partial charge in [0.2, 0.25) is 11.8 Å². The van der Waals surface area contributed by atoms with Crippen molar-refractivity contribution in [2.75, 3.05) is 13.1 Å². The number of carbonyl (C=O) groups is 1. The van der Waals surface area contributed by atoms with Crippen LogP contribution < -0.4 is 4.74 Å². The van der Waals surface area contributed by atoms with Crippen LogP contribution in [0.2, 0.25) is 0 Å². The normalized spacial score (nSPS) is 17.3. The first-order valence-corrected chi connectivity index (χ1v) is 6.70. The number of rotatable bonds is 2. The predicted octanol–water partition coefficient (Wildman–Crippen LogP) is 1.89. The minimum atomic E-state index is -0.307. The summed E-state index contributed by atoms with van der Waals surface area (Å²) in [7, 11) is 0. The molecule has 2 heterocycles. The van der Waals surface area contributed by atoms with E-state index in [9.17, 15) is 4.79 Å². The van der Waals surface area contributed by atoms with Crippen LogP contribution in [-0.2, 0) is 4.79 Å². The number of hydrogen-bond acceptors (Lipinski definition) is 4. The number of ether oxygens (including phenoxy) is 1. The molecule has 0 spiro atoms. The van der Waals surface area contributed by atoms with E-state index >= 15 is 0 Å². The first kappa shape index (κ1) is 13.8. The lowest BCUT2D eigenvalue weighted by atomic mass is 9.93. The highest BCUT2D eigenvalue weighted by Gasteiger charge is 2.30. The van der Waals surface area contributed by atoms with E-state index in [2.05, 4.69) is 10.2 Å². The van der Waals surface area contributed by atoms with Gasteiger partial charge in [0, 0.05) is 43.6 Å². The smallest absolute Gasteiger partial charge is 0.233 e. The van der Waals surface area contributed by atoms with E-state index in [0.29, 0.717) is 5.88 Å². The van der Waals surface area contributed by atoms with E-state index in [1.807, 2.05) is 25.7 Å². The molecule has 5 nitrogen and oxygen atoms in total. The molecule has 0 radical (unpaired) electrons. The molecule has 1 aliphatic rings. The Kier molecular flexibility index (Phi) is 4.02. The molecule has 1 amide bonds. The average Bonchev–Trinajstić information content (AvgIpc) is 2.39. The van der Waals surface area contributed by atoms with Crippen LogP contribution in [0.4, 0.5) is 0 Å². The summed E-state index contributed by atoms with van der Waals surface area (Å²) in [6.07, 6.45) is 3.44. The van der Waals surface area contributed by atoms with Crippen molar-refractivity contribution in [2.24, 2.45) is 5.41 Å². The first-order valence-electron chi connectivity index (χ1n) is 6.70. The monoisotopic (exact) mass is 263 g/mol. The van der Waals surface area contributed by atoms with Gasteiger partial charge in [-0.05, 0) is 6.07 Å². The highest BCUT2D eigenvalue weighted by atomic mass is 16.5. The van der Waals surface area contributed by atoms with Crippen LogP contribution in [0.3, 0.4) is 0 Å². The number of nitrogens with zero attached hydrogens (tertiary/aromatic N) is 3. The number of aromatic nitrogens is 2. The maximum atomic E-state index is 12.1. The van der Waals surface area contributed by atoms with Gasteiger partial charge >= 0.3 is 0 Å². The third-order valence-electron chi connectivity index (χ3n) is 3.21. The summed E-state index contributed by atoms with van der Waals surface area (Å²) in [6.45, 7) is 7.37. The molecular weight excluding hydrogens is 242 g/mol. The number of piperidine rings is 1. The van der Waals surface area contributed by atoms with Crippen molar-refractivity contribution < 1.29 is 9.53 Å². The van der Waals surface area contributed by atoms with Gasteiger partial charge in [-0.1, -0.05) is 20.8 Å². The number of amides is 1. The molecule has 0 saturated carbocycles. The Morgan fingerprint density at radius 1 is 1.37 bits per heavy atom. The van der Waals surface area contributed by atoms with Crippen LogP contribution in [0.1, 0.15) is 33.6 Å². The molecule has 0 N–H and O–H groups in total. The van der Waals surface area contributed by atoms with E-state index in [4.69, 9.17) is 4.74 Å². The number of hydrogen-bond donors (Lipinski definition) is 0. The molecule has 0 bridgehead atoms. The fraction of sp³-hybridized carbons (Fsp3) is 0.643. The quantitative estimate of drug-likeness (QED) is 0.817. The van der Waals surface area contributed by atoms with E-state index in [-0.39, 0.29) is 17.4 Å². The van der Waals surface area contributed by atoms with Crippen LogP contribution in [0.25, 0.3) is 0 Å². The second kappa shape index (κ2) is 5.55. The Morgan fingerprint density at radius 3 is 2.58 bits per heavy atom. The standard InChI is InChI=1S/C14H21N3O2/c1-14(2,3)13(18)17-9-6-11(7-10-17)19-12-5-4-8-15-16-12/h4-5,8,11H,6-7,9-10H2,1-3H3. The van der Waals surface area contributed by atoms with Crippen LogP contribution in [0, 0.1) is 5.41 Å². The van der Waals surface area contributed by atoms with Gasteiger partial charge in [0.25, 0.3) is 0 Å². The molecule has 5 heteroatoms. The minimum Gasteiger partial charge on any atom is -0.473 e. The van der Waals surface area contributed by atoms with E-state index in [1.165, 1.54) is 0 Å². The van der Waals surface area contributed by atoms with Gasteiger partial charge in [0.15, 0.2) is 0 Å². The van der Waals surface area contributed by atoms with Crippen molar-refractivity contribution in [1.29, 1.82) is 0 Å². The third kappa shape index (κ3) is 3.66. The van der Waals surface area contributed by atoms with Crippen LogP contribution in [0.5, 0.6) is 5.88 Å². The second-order valence-electron chi connectivity index (χ2n) is 5.92. The van der Waals surface area contributed by atoms with Crippen molar-refractivity contribution in [2.45, 2.75) is 39.7 Å². The van der Waals surface area contributed by atoms with Crippen LogP contribution >= 0.6 is 0 Å². The van der Waals surface area contributed by atoms with Gasteiger partial charge in [0.05, 0.1) is 0 Å². The molecule has 104 valence electrons. The Hall–Kier alpha value is -1.65. The fourth-order valence-electron chi connectivity index (χ4n) is 2.17. The zero-order chi connectivity index (χ0) is 13.9. The minimum absolute atomic E-state index is 0.126. The Bertz CT molecular complexity index is 420. The maximum Gasteiger partial charge on any atom is 0.233 e. The first-order chi connectivity index (χ1) is 8.97. The fourth-order valence-corrected chi connectivity index (χ4v) is 2.17. The van der Waals surface area contributed by atoms with Gasteiger partial charge in [-0.25, -0.2) is 0 Å². The van der Waals surface area contributed by atoms with Crippen LogP contribution in [-0.4, -0.2) is 40.2 Å². The lowest BCUT2D eigenvalue weighted by molar-refractivity contribution is -0.141. The molecular formula is C14H21N3O2. The van der Waals surface area contributed by atoms with Crippen molar-refractivity contribution >= 4 is 5.91 Å². The Balaban J connectivity index is 1.85. The second-order valence-corrected chi connectivity index (χ2v) is 5.92. The van der Waals surface area contributed by atoms with Crippen LogP contribution in [0.15, 0.2) is 18.3 Å². The maximum absolute atomic E-state index is 12.1. The molecule has 1 aromatic rings. The largest absolute Gasteiger partial charge is 0.473 e. The van der Waals surface area contributed by atoms with Crippen molar-refractivity contribution in [1.82, 2.24) is 15.1 Å². The van der Waals surface area contributed by atoms with Gasteiger partial charge in [-0.3, -0.25) is 4.79 Å². The number of carbonyl (C=O) groups excluding carboxylic acids is 1. The SMILES string of the molecule is CC(C)(C)C(=O)N1CCC(Oc2cccnn2)CC1. The molecule has 2 rings (SSSR count). The lowest BCUT2D eigenvalue weighted by Gasteiger charge is -2.35. The van der Waals surface area contributed by atoms with Gasteiger partial charge in [-0.2, -0.15) is 5.10 Å². The summed E-state index contributed by atoms with van der Waals surface area (Å²) in [5, 5.41) is 7.70. The summed E-state index contributed by atoms with van der Waals surface area (Å²) in [5.74, 6) is 0.772. The zero-order valence-corrected chi connectivity index (χ0v) is 11.8. The highest BCUT2D eigenvalue weighted by Crippen LogP contribution is 2.22. The molecule has 0 unspecified atom stereocenters. The molecule has 0 aromatic carbocycles. The molecule has 1 aliphatic heterocycles.